The van der Waals surface area contributed by atoms with Crippen LogP contribution in [0.2, 0.25) is 0 Å². The lowest BCUT2D eigenvalue weighted by Gasteiger charge is -2.20. The molecule has 1 aromatic rings. The SMILES string of the molecule is CSS[C@@H](C)O[C@@H]1C[C@H](BC#CCNC(=O)COCCOC(COc2cccc(C(=O)NCCN)c2)SC#N)OC1CO. The number of rotatable bonds is 20. The van der Waals surface area contributed by atoms with E-state index in [1.165, 1.54) is 0 Å². The first-order valence-corrected chi connectivity index (χ1v) is 17.2. The monoisotopic (exact) mass is 654 g/mol. The van der Waals surface area contributed by atoms with E-state index >= 15 is 0 Å². The molecule has 5 N–H and O–H groups in total. The number of carbonyl (C=O) groups is 2. The summed E-state index contributed by atoms with van der Waals surface area (Å²) in [5.41, 5.74) is 5.25. The van der Waals surface area contributed by atoms with Gasteiger partial charge in [-0.1, -0.05) is 33.6 Å². The van der Waals surface area contributed by atoms with E-state index in [1.54, 1.807) is 45.9 Å². The number of nitrogens with one attached hydrogen (secondary N) is 2. The van der Waals surface area contributed by atoms with E-state index in [0.717, 1.165) is 11.8 Å². The minimum absolute atomic E-state index is 0.00394. The number of ether oxygens (including phenoxy) is 5. The Morgan fingerprint density at radius 2 is 2.16 bits per heavy atom. The zero-order valence-electron chi connectivity index (χ0n) is 24.3. The van der Waals surface area contributed by atoms with Crippen LogP contribution in [0.3, 0.4) is 0 Å². The predicted molar refractivity (Wildman–Crippen MR) is 171 cm³/mol. The van der Waals surface area contributed by atoms with Gasteiger partial charge in [-0.25, -0.2) is 0 Å². The number of nitrogens with zero attached hydrogens (tertiary/aromatic N) is 1. The van der Waals surface area contributed by atoms with Crippen LogP contribution in [-0.2, 0) is 23.7 Å². The van der Waals surface area contributed by atoms with Crippen LogP contribution >= 0.6 is 33.3 Å². The molecule has 5 atom stereocenters. The van der Waals surface area contributed by atoms with Crippen molar-refractivity contribution in [2.75, 3.05) is 58.9 Å². The number of thiocyanates is 1. The summed E-state index contributed by atoms with van der Waals surface area (Å²) in [6, 6.07) is 6.52. The van der Waals surface area contributed by atoms with Crippen LogP contribution in [0.1, 0.15) is 23.7 Å². The van der Waals surface area contributed by atoms with E-state index in [2.05, 4.69) is 22.4 Å². The molecule has 2 rings (SSSR count). The van der Waals surface area contributed by atoms with Crippen molar-refractivity contribution in [3.63, 3.8) is 0 Å². The third-order valence-corrected chi connectivity index (χ3v) is 8.35. The highest BCUT2D eigenvalue weighted by Crippen LogP contribution is 2.30. The Bertz CT molecular complexity index is 1090. The Hall–Kier alpha value is -2.12. The van der Waals surface area contributed by atoms with Gasteiger partial charge in [-0.15, -0.1) is 0 Å². The van der Waals surface area contributed by atoms with Crippen LogP contribution in [0.5, 0.6) is 5.75 Å². The van der Waals surface area contributed by atoms with Gasteiger partial charge in [0, 0.05) is 24.7 Å². The number of nitrogens with two attached hydrogens (primary N) is 1. The molecule has 0 aliphatic carbocycles. The normalized spacial score (nSPS) is 18.9. The second kappa shape index (κ2) is 22.4. The lowest BCUT2D eigenvalue weighted by Crippen LogP contribution is -2.29. The van der Waals surface area contributed by atoms with Crippen LogP contribution in [0.25, 0.3) is 0 Å². The number of thioether (sulfide) groups is 1. The largest absolute Gasteiger partial charge is 0.490 e. The van der Waals surface area contributed by atoms with E-state index in [9.17, 15) is 14.7 Å². The summed E-state index contributed by atoms with van der Waals surface area (Å²) < 4.78 is 28.5. The van der Waals surface area contributed by atoms with Crippen LogP contribution in [0.15, 0.2) is 24.3 Å². The van der Waals surface area contributed by atoms with Gasteiger partial charge in [0.05, 0.1) is 32.5 Å². The number of carbonyl (C=O) groups excluding carboxylic acids is 2. The van der Waals surface area contributed by atoms with Crippen LogP contribution < -0.4 is 21.1 Å². The molecule has 1 fully saturated rings. The molecule has 236 valence electrons. The molecular formula is C27H39BN4O8S3. The highest BCUT2D eigenvalue weighted by atomic mass is 33.1. The summed E-state index contributed by atoms with van der Waals surface area (Å²) in [4.78, 5) is 24.1. The van der Waals surface area contributed by atoms with Gasteiger partial charge in [0.15, 0.2) is 5.44 Å². The average Bonchev–Trinajstić information content (AvgIpc) is 3.39. The standard InChI is InChI=1S/C27H39BN4O8S3/c1-19(43-41-2)39-22-14-24(40-23(22)15-33)28-7-4-9-31-25(34)16-36-11-12-37-26(42-18-30)17-38-21-6-3-5-20(13-21)27(35)32-10-8-29/h3,5-6,13,19,22-24,26,28,33H,8-12,14-17,29H2,1-2H3,(H,31,34)(H,32,35)/t19-,22+,23?,24+,26?/m0/s1. The number of amides is 2. The zero-order valence-corrected chi connectivity index (χ0v) is 26.8. The van der Waals surface area contributed by atoms with Gasteiger partial charge in [-0.3, -0.25) is 9.59 Å². The number of aliphatic hydroxyl groups excluding tert-OH is 1. The molecule has 1 heterocycles. The lowest BCUT2D eigenvalue weighted by atomic mass is 9.71. The highest BCUT2D eigenvalue weighted by molar-refractivity contribution is 8.76. The second-order valence-corrected chi connectivity index (χ2v) is 12.7. The van der Waals surface area contributed by atoms with Crippen molar-refractivity contribution in [2.24, 2.45) is 5.73 Å². The van der Waals surface area contributed by atoms with Crippen molar-refractivity contribution in [3.8, 4) is 22.9 Å². The number of nitriles is 1. The number of benzene rings is 1. The third-order valence-electron chi connectivity index (χ3n) is 5.74. The molecular weight excluding hydrogens is 615 g/mol. The fraction of sp³-hybridized carbons (Fsp3) is 0.593. The molecule has 0 radical (unpaired) electrons. The minimum Gasteiger partial charge on any atom is -0.490 e. The first-order chi connectivity index (χ1) is 20.9. The van der Waals surface area contributed by atoms with Gasteiger partial charge < -0.3 is 45.2 Å². The van der Waals surface area contributed by atoms with E-state index in [-0.39, 0.29) is 75.0 Å². The van der Waals surface area contributed by atoms with E-state index < -0.39 is 5.44 Å². The molecule has 43 heavy (non-hydrogen) atoms. The smallest absolute Gasteiger partial charge is 0.251 e. The average molecular weight is 655 g/mol. The van der Waals surface area contributed by atoms with Crippen LogP contribution in [0.4, 0.5) is 0 Å². The predicted octanol–water partition coefficient (Wildman–Crippen LogP) is 0.691. The number of hydrogen-bond acceptors (Lipinski definition) is 13. The lowest BCUT2D eigenvalue weighted by molar-refractivity contribution is -0.126. The van der Waals surface area contributed by atoms with Gasteiger partial charge in [-0.2, -0.15) is 11.1 Å². The summed E-state index contributed by atoms with van der Waals surface area (Å²) >= 11 is 0.897. The van der Waals surface area contributed by atoms with Crippen molar-refractivity contribution < 1.29 is 38.4 Å². The molecule has 1 aliphatic rings. The van der Waals surface area contributed by atoms with Crippen molar-refractivity contribution >= 4 is 52.4 Å². The maximum absolute atomic E-state index is 12.1. The summed E-state index contributed by atoms with van der Waals surface area (Å²) in [5.74, 6) is 5.79. The third kappa shape index (κ3) is 15.4. The first-order valence-electron chi connectivity index (χ1n) is 13.7. The summed E-state index contributed by atoms with van der Waals surface area (Å²) in [6.07, 6.45) is 2.10. The molecule has 0 bridgehead atoms. The van der Waals surface area contributed by atoms with Crippen molar-refractivity contribution in [1.82, 2.24) is 10.6 Å². The zero-order chi connectivity index (χ0) is 31.3. The maximum atomic E-state index is 12.1. The van der Waals surface area contributed by atoms with E-state index in [4.69, 9.17) is 34.7 Å². The Labute approximate surface area is 265 Å². The molecule has 2 unspecified atom stereocenters. The highest BCUT2D eigenvalue weighted by Gasteiger charge is 2.36. The summed E-state index contributed by atoms with van der Waals surface area (Å²) in [7, 11) is 3.72. The Morgan fingerprint density at radius 3 is 2.91 bits per heavy atom. The van der Waals surface area contributed by atoms with Crippen molar-refractivity contribution in [2.45, 2.75) is 42.4 Å². The van der Waals surface area contributed by atoms with E-state index in [1.807, 2.05) is 18.6 Å². The molecule has 12 nitrogen and oxygen atoms in total. The quantitative estimate of drug-likeness (QED) is 0.0387. The molecule has 0 aromatic heterocycles. The molecule has 0 saturated carbocycles. The molecule has 1 aromatic carbocycles. The van der Waals surface area contributed by atoms with Gasteiger partial charge in [0.1, 0.15) is 35.9 Å². The van der Waals surface area contributed by atoms with Crippen molar-refractivity contribution in [1.29, 1.82) is 5.26 Å². The minimum atomic E-state index is -0.594. The van der Waals surface area contributed by atoms with Gasteiger partial charge in [0.25, 0.3) is 5.91 Å². The Balaban J connectivity index is 1.60. The molecule has 2 amide bonds. The topological polar surface area (TPSA) is 174 Å². The molecule has 0 spiro atoms. The Kier molecular flexibility index (Phi) is 19.3. The fourth-order valence-corrected chi connectivity index (χ4v) is 5.67. The molecule has 1 aliphatic heterocycles. The Morgan fingerprint density at radius 1 is 1.33 bits per heavy atom. The van der Waals surface area contributed by atoms with Gasteiger partial charge in [-0.05, 0) is 49.6 Å². The fourth-order valence-electron chi connectivity index (χ4n) is 3.84. The summed E-state index contributed by atoms with van der Waals surface area (Å²) in [6.45, 7) is 2.94. The maximum Gasteiger partial charge on any atom is 0.251 e. The second-order valence-electron chi connectivity index (χ2n) is 9.00. The van der Waals surface area contributed by atoms with Crippen molar-refractivity contribution in [3.05, 3.63) is 29.8 Å². The van der Waals surface area contributed by atoms with Gasteiger partial charge >= 0.3 is 0 Å². The summed E-state index contributed by atoms with van der Waals surface area (Å²) in [5, 5.41) is 26.0. The molecule has 16 heteroatoms. The number of hydrogen-bond donors (Lipinski definition) is 4. The van der Waals surface area contributed by atoms with Crippen LogP contribution in [0, 0.1) is 22.4 Å². The van der Waals surface area contributed by atoms with Gasteiger partial charge in [0.2, 0.25) is 13.2 Å². The number of aliphatic hydroxyl groups is 1. The first kappa shape index (κ1) is 37.1. The van der Waals surface area contributed by atoms with Crippen LogP contribution in [-0.4, -0.2) is 112 Å². The van der Waals surface area contributed by atoms with E-state index in [0.29, 0.717) is 38.1 Å². The molecule has 1 saturated heterocycles.